The van der Waals surface area contributed by atoms with E-state index in [1.807, 2.05) is 25.1 Å². The van der Waals surface area contributed by atoms with E-state index in [0.717, 1.165) is 0 Å². The maximum atomic E-state index is 13.0. The Morgan fingerprint density at radius 1 is 1.21 bits per heavy atom. The molecule has 0 radical (unpaired) electrons. The highest BCUT2D eigenvalue weighted by Crippen LogP contribution is 2.25. The van der Waals surface area contributed by atoms with E-state index < -0.39 is 11.9 Å². The van der Waals surface area contributed by atoms with Crippen LogP contribution in [0.2, 0.25) is 0 Å². The van der Waals surface area contributed by atoms with Crippen LogP contribution in [0.3, 0.4) is 0 Å². The molecule has 126 valence electrons. The number of piperidine rings is 1. The van der Waals surface area contributed by atoms with Gasteiger partial charge in [-0.3, -0.25) is 14.4 Å². The van der Waals surface area contributed by atoms with Crippen molar-refractivity contribution in [2.75, 3.05) is 13.1 Å². The van der Waals surface area contributed by atoms with Crippen molar-refractivity contribution in [3.63, 3.8) is 0 Å². The van der Waals surface area contributed by atoms with Crippen molar-refractivity contribution in [3.8, 4) is 0 Å². The minimum Gasteiger partial charge on any atom is -0.481 e. The number of aryl methyl sites for hydroxylation is 1. The largest absolute Gasteiger partial charge is 0.481 e. The number of benzene rings is 1. The van der Waals surface area contributed by atoms with Gasteiger partial charge in [-0.05, 0) is 18.4 Å². The Morgan fingerprint density at radius 2 is 1.92 bits per heavy atom. The Kier molecular flexibility index (Phi) is 4.13. The van der Waals surface area contributed by atoms with Crippen molar-refractivity contribution < 1.29 is 14.7 Å². The number of aliphatic carboxylic acids is 1. The topological polar surface area (TPSA) is 79.6 Å². The van der Waals surface area contributed by atoms with E-state index in [0.29, 0.717) is 29.4 Å². The third-order valence-corrected chi connectivity index (χ3v) is 4.68. The summed E-state index contributed by atoms with van der Waals surface area (Å²) in [7, 11) is 1.67. The molecule has 3 rings (SSSR count). The number of carboxylic acid groups (broad SMARTS) is 1. The van der Waals surface area contributed by atoms with Crippen molar-refractivity contribution in [2.45, 2.75) is 13.3 Å². The fourth-order valence-corrected chi connectivity index (χ4v) is 3.45. The lowest BCUT2D eigenvalue weighted by Crippen LogP contribution is -2.45. The molecule has 0 aliphatic carbocycles. The molecule has 2 atom stereocenters. The molecule has 1 fully saturated rings. The quantitative estimate of drug-likeness (QED) is 0.910. The number of hydrogen-bond donors (Lipinski definition) is 1. The van der Waals surface area contributed by atoms with Gasteiger partial charge in [0.25, 0.3) is 11.5 Å². The lowest BCUT2D eigenvalue weighted by molar-refractivity contribution is -0.143. The number of para-hydroxylation sites is 1. The maximum Gasteiger partial charge on any atom is 0.308 e. The Morgan fingerprint density at radius 3 is 2.62 bits per heavy atom. The van der Waals surface area contributed by atoms with Crippen LogP contribution >= 0.6 is 0 Å². The van der Waals surface area contributed by atoms with Gasteiger partial charge >= 0.3 is 5.97 Å². The normalized spacial score (nSPS) is 21.0. The van der Waals surface area contributed by atoms with E-state index in [1.165, 1.54) is 10.6 Å². The fraction of sp³-hybridized carbons (Fsp3) is 0.389. The molecule has 6 heteroatoms. The third-order valence-electron chi connectivity index (χ3n) is 4.68. The summed E-state index contributed by atoms with van der Waals surface area (Å²) in [5.41, 5.74) is 0.775. The molecular formula is C18H20N2O4. The number of carboxylic acids is 1. The van der Waals surface area contributed by atoms with Crippen molar-refractivity contribution in [2.24, 2.45) is 18.9 Å². The van der Waals surface area contributed by atoms with E-state index in [1.54, 1.807) is 18.0 Å². The number of aromatic nitrogens is 1. The van der Waals surface area contributed by atoms with Gasteiger partial charge in [0, 0.05) is 31.6 Å². The van der Waals surface area contributed by atoms with Gasteiger partial charge in [0.15, 0.2) is 0 Å². The summed E-state index contributed by atoms with van der Waals surface area (Å²) in [4.78, 5) is 38.0. The number of rotatable bonds is 2. The van der Waals surface area contributed by atoms with Gasteiger partial charge in [-0.25, -0.2) is 0 Å². The standard InChI is InChI=1S/C18H20N2O4/c1-11-7-12(18(23)24)10-20(9-11)17(22)14-8-16(21)19(2)15-6-4-3-5-13(14)15/h3-6,8,11-12H,7,9-10H2,1-2H3,(H,23,24). The lowest BCUT2D eigenvalue weighted by atomic mass is 9.90. The van der Waals surface area contributed by atoms with E-state index in [2.05, 4.69) is 0 Å². The van der Waals surface area contributed by atoms with Crippen LogP contribution in [0.5, 0.6) is 0 Å². The van der Waals surface area contributed by atoms with Crippen molar-refractivity contribution in [1.29, 1.82) is 0 Å². The number of likely N-dealkylation sites (tertiary alicyclic amines) is 1. The lowest BCUT2D eigenvalue weighted by Gasteiger charge is -2.35. The SMILES string of the molecule is CC1CC(C(=O)O)CN(C(=O)c2cc(=O)n(C)c3ccccc23)C1. The van der Waals surface area contributed by atoms with Gasteiger partial charge in [-0.2, -0.15) is 0 Å². The minimum atomic E-state index is -0.881. The zero-order valence-corrected chi connectivity index (χ0v) is 13.7. The molecule has 6 nitrogen and oxygen atoms in total. The average molecular weight is 328 g/mol. The molecule has 1 N–H and O–H groups in total. The van der Waals surface area contributed by atoms with Crippen LogP contribution < -0.4 is 5.56 Å². The average Bonchev–Trinajstić information content (AvgIpc) is 2.57. The zero-order valence-electron chi connectivity index (χ0n) is 13.7. The van der Waals surface area contributed by atoms with Gasteiger partial charge in [0.05, 0.1) is 17.0 Å². The van der Waals surface area contributed by atoms with Crippen LogP contribution in [0.25, 0.3) is 10.9 Å². The summed E-state index contributed by atoms with van der Waals surface area (Å²) in [6.45, 7) is 2.63. The summed E-state index contributed by atoms with van der Waals surface area (Å²) < 4.78 is 1.50. The van der Waals surface area contributed by atoms with E-state index in [-0.39, 0.29) is 23.9 Å². The van der Waals surface area contributed by atoms with Crippen LogP contribution in [0.1, 0.15) is 23.7 Å². The highest BCUT2D eigenvalue weighted by atomic mass is 16.4. The molecule has 1 aliphatic rings. The number of carbonyl (C=O) groups is 2. The number of amides is 1. The Balaban J connectivity index is 2.04. The molecule has 0 bridgehead atoms. The number of pyridine rings is 1. The molecule has 1 amide bonds. The van der Waals surface area contributed by atoms with E-state index in [4.69, 9.17) is 0 Å². The summed E-state index contributed by atoms with van der Waals surface area (Å²) in [6, 6.07) is 8.60. The number of fused-ring (bicyclic) bond motifs is 1. The fourth-order valence-electron chi connectivity index (χ4n) is 3.45. The molecular weight excluding hydrogens is 308 g/mol. The second kappa shape index (κ2) is 6.11. The number of hydrogen-bond acceptors (Lipinski definition) is 3. The van der Waals surface area contributed by atoms with Crippen LogP contribution in [-0.4, -0.2) is 39.5 Å². The number of carbonyl (C=O) groups excluding carboxylic acids is 1. The Labute approximate surface area is 139 Å². The van der Waals surface area contributed by atoms with Crippen molar-refractivity contribution in [1.82, 2.24) is 9.47 Å². The smallest absolute Gasteiger partial charge is 0.308 e. The van der Waals surface area contributed by atoms with Gasteiger partial charge in [-0.15, -0.1) is 0 Å². The first-order valence-corrected chi connectivity index (χ1v) is 7.99. The molecule has 1 aromatic heterocycles. The highest BCUT2D eigenvalue weighted by Gasteiger charge is 2.33. The highest BCUT2D eigenvalue weighted by molar-refractivity contribution is 6.06. The van der Waals surface area contributed by atoms with Crippen molar-refractivity contribution in [3.05, 3.63) is 46.2 Å². The number of nitrogens with zero attached hydrogens (tertiary/aromatic N) is 2. The van der Waals surface area contributed by atoms with Crippen LogP contribution in [0.15, 0.2) is 35.1 Å². The second-order valence-corrected chi connectivity index (χ2v) is 6.56. The molecule has 2 unspecified atom stereocenters. The van der Waals surface area contributed by atoms with Crippen LogP contribution in [0, 0.1) is 11.8 Å². The first-order chi connectivity index (χ1) is 11.4. The molecule has 1 aromatic carbocycles. The minimum absolute atomic E-state index is 0.113. The van der Waals surface area contributed by atoms with Crippen LogP contribution in [0.4, 0.5) is 0 Å². The maximum absolute atomic E-state index is 13.0. The summed E-state index contributed by atoms with van der Waals surface area (Å²) in [5.74, 6) is -1.60. The van der Waals surface area contributed by atoms with Crippen molar-refractivity contribution >= 4 is 22.8 Å². The summed E-state index contributed by atoms with van der Waals surface area (Å²) in [6.07, 6.45) is 0.566. The Bertz CT molecular complexity index is 871. The third kappa shape index (κ3) is 2.79. The van der Waals surface area contributed by atoms with E-state index in [9.17, 15) is 19.5 Å². The monoisotopic (exact) mass is 328 g/mol. The van der Waals surface area contributed by atoms with Crippen LogP contribution in [-0.2, 0) is 11.8 Å². The molecule has 1 aliphatic heterocycles. The first kappa shape index (κ1) is 16.2. The van der Waals surface area contributed by atoms with Gasteiger partial charge in [0.2, 0.25) is 0 Å². The predicted molar refractivity (Wildman–Crippen MR) is 90.0 cm³/mol. The predicted octanol–water partition coefficient (Wildman–Crippen LogP) is 1.72. The first-order valence-electron chi connectivity index (χ1n) is 7.99. The second-order valence-electron chi connectivity index (χ2n) is 6.56. The molecule has 2 aromatic rings. The van der Waals surface area contributed by atoms with Gasteiger partial charge in [-0.1, -0.05) is 25.1 Å². The molecule has 0 spiro atoms. The molecule has 24 heavy (non-hydrogen) atoms. The zero-order chi connectivity index (χ0) is 17.4. The molecule has 2 heterocycles. The molecule has 1 saturated heterocycles. The van der Waals surface area contributed by atoms with E-state index >= 15 is 0 Å². The summed E-state index contributed by atoms with van der Waals surface area (Å²) >= 11 is 0. The summed E-state index contributed by atoms with van der Waals surface area (Å²) in [5, 5.41) is 9.99. The van der Waals surface area contributed by atoms with Gasteiger partial charge in [0.1, 0.15) is 0 Å². The molecule has 0 saturated carbocycles. The Hall–Kier alpha value is -2.63. The van der Waals surface area contributed by atoms with Gasteiger partial charge < -0.3 is 14.6 Å².